The maximum atomic E-state index is 12.3. The number of rotatable bonds is 6. The Hall–Kier alpha value is -2.41. The van der Waals surface area contributed by atoms with E-state index in [4.69, 9.17) is 9.84 Å². The van der Waals surface area contributed by atoms with E-state index in [0.717, 1.165) is 4.57 Å². The van der Waals surface area contributed by atoms with Gasteiger partial charge in [0.1, 0.15) is 0 Å². The maximum Gasteiger partial charge on any atom is 0.335 e. The van der Waals surface area contributed by atoms with Crippen LogP contribution in [0.2, 0.25) is 0 Å². The first kappa shape index (κ1) is 16.0. The topological polar surface area (TPSA) is 101 Å². The summed E-state index contributed by atoms with van der Waals surface area (Å²) in [7, 11) is 0. The van der Waals surface area contributed by atoms with Crippen LogP contribution in [-0.4, -0.2) is 33.3 Å². The predicted molar refractivity (Wildman–Crippen MR) is 81.5 cm³/mol. The number of nitrogens with one attached hydrogen (secondary N) is 1. The van der Waals surface area contributed by atoms with E-state index in [1.807, 2.05) is 13.8 Å². The van der Waals surface area contributed by atoms with E-state index >= 15 is 0 Å². The molecule has 0 aliphatic heterocycles. The number of carboxylic acids is 1. The summed E-state index contributed by atoms with van der Waals surface area (Å²) in [4.78, 5) is 37.8. The highest BCUT2D eigenvalue weighted by Gasteiger charge is 2.10. The standard InChI is InChI=1S/C15H18N2O5/c1-9(2)22-7-3-6-17-13(18)11-5-4-10(14(19)20)8-12(11)16-15(17)21/h4-5,8-9H,3,6-7H2,1-2H3,(H,16,21)(H,19,20). The van der Waals surface area contributed by atoms with Gasteiger partial charge in [-0.25, -0.2) is 9.59 Å². The van der Waals surface area contributed by atoms with Gasteiger partial charge in [-0.3, -0.25) is 9.36 Å². The number of hydrogen-bond donors (Lipinski definition) is 2. The number of nitrogens with zero attached hydrogens (tertiary/aromatic N) is 1. The minimum Gasteiger partial charge on any atom is -0.478 e. The number of benzene rings is 1. The van der Waals surface area contributed by atoms with Crippen molar-refractivity contribution in [1.82, 2.24) is 9.55 Å². The molecule has 0 atom stereocenters. The largest absolute Gasteiger partial charge is 0.478 e. The lowest BCUT2D eigenvalue weighted by Gasteiger charge is -2.09. The van der Waals surface area contributed by atoms with E-state index in [2.05, 4.69) is 4.98 Å². The van der Waals surface area contributed by atoms with Gasteiger partial charge in [0.25, 0.3) is 5.56 Å². The molecule has 2 N–H and O–H groups in total. The van der Waals surface area contributed by atoms with Crippen molar-refractivity contribution in [2.75, 3.05) is 6.61 Å². The second-order valence-electron chi connectivity index (χ2n) is 5.23. The molecule has 7 heteroatoms. The van der Waals surface area contributed by atoms with Gasteiger partial charge >= 0.3 is 11.7 Å². The maximum absolute atomic E-state index is 12.3. The molecule has 0 radical (unpaired) electrons. The molecule has 0 unspecified atom stereocenters. The van der Waals surface area contributed by atoms with E-state index in [-0.39, 0.29) is 29.1 Å². The number of hydrogen-bond acceptors (Lipinski definition) is 4. The zero-order valence-electron chi connectivity index (χ0n) is 12.5. The van der Waals surface area contributed by atoms with Gasteiger partial charge in [0, 0.05) is 13.2 Å². The van der Waals surface area contributed by atoms with Crippen molar-refractivity contribution in [1.29, 1.82) is 0 Å². The molecule has 0 aliphatic rings. The molecular formula is C15H18N2O5. The summed E-state index contributed by atoms with van der Waals surface area (Å²) >= 11 is 0. The molecule has 0 fully saturated rings. The van der Waals surface area contributed by atoms with Crippen molar-refractivity contribution in [2.24, 2.45) is 0 Å². The number of aromatic carboxylic acids is 1. The summed E-state index contributed by atoms with van der Waals surface area (Å²) in [5, 5.41) is 9.22. The van der Waals surface area contributed by atoms with Crippen LogP contribution < -0.4 is 11.2 Å². The fraction of sp³-hybridized carbons (Fsp3) is 0.400. The first-order chi connectivity index (χ1) is 10.4. The van der Waals surface area contributed by atoms with Gasteiger partial charge in [-0.2, -0.15) is 0 Å². The van der Waals surface area contributed by atoms with E-state index in [1.54, 1.807) is 0 Å². The van der Waals surface area contributed by atoms with E-state index < -0.39 is 17.2 Å². The zero-order valence-corrected chi connectivity index (χ0v) is 12.5. The van der Waals surface area contributed by atoms with Crippen LogP contribution in [0.3, 0.4) is 0 Å². The Morgan fingerprint density at radius 1 is 1.36 bits per heavy atom. The number of carboxylic acid groups (broad SMARTS) is 1. The van der Waals surface area contributed by atoms with Crippen LogP contribution in [0.1, 0.15) is 30.6 Å². The molecule has 0 aliphatic carbocycles. The van der Waals surface area contributed by atoms with Crippen LogP contribution in [0.4, 0.5) is 0 Å². The van der Waals surface area contributed by atoms with Crippen LogP contribution in [0.15, 0.2) is 27.8 Å². The normalized spacial score (nSPS) is 11.2. The summed E-state index contributed by atoms with van der Waals surface area (Å²) in [6, 6.07) is 4.04. The second-order valence-corrected chi connectivity index (χ2v) is 5.23. The van der Waals surface area contributed by atoms with Crippen LogP contribution in [0.5, 0.6) is 0 Å². The van der Waals surface area contributed by atoms with Gasteiger partial charge in [-0.05, 0) is 38.5 Å². The zero-order chi connectivity index (χ0) is 16.3. The quantitative estimate of drug-likeness (QED) is 0.781. The van der Waals surface area contributed by atoms with Crippen molar-refractivity contribution in [3.05, 3.63) is 44.6 Å². The van der Waals surface area contributed by atoms with Crippen molar-refractivity contribution >= 4 is 16.9 Å². The smallest absolute Gasteiger partial charge is 0.335 e. The van der Waals surface area contributed by atoms with Gasteiger partial charge in [-0.15, -0.1) is 0 Å². The summed E-state index contributed by atoms with van der Waals surface area (Å²) in [5.41, 5.74) is -0.736. The highest BCUT2D eigenvalue weighted by atomic mass is 16.5. The van der Waals surface area contributed by atoms with Crippen molar-refractivity contribution in [2.45, 2.75) is 32.9 Å². The molecule has 7 nitrogen and oxygen atoms in total. The third kappa shape index (κ3) is 3.43. The molecule has 2 rings (SSSR count). The fourth-order valence-corrected chi connectivity index (χ4v) is 2.13. The molecule has 0 spiro atoms. The Morgan fingerprint density at radius 2 is 2.09 bits per heavy atom. The predicted octanol–water partition coefficient (Wildman–Crippen LogP) is 1.20. The first-order valence-electron chi connectivity index (χ1n) is 7.02. The second kappa shape index (κ2) is 6.57. The molecular weight excluding hydrogens is 288 g/mol. The Labute approximate surface area is 126 Å². The highest BCUT2D eigenvalue weighted by molar-refractivity contribution is 5.92. The molecule has 0 saturated carbocycles. The van der Waals surface area contributed by atoms with Crippen molar-refractivity contribution in [3.63, 3.8) is 0 Å². The Bertz CT molecular complexity index is 804. The van der Waals surface area contributed by atoms with E-state index in [1.165, 1.54) is 18.2 Å². The van der Waals surface area contributed by atoms with Gasteiger partial charge in [0.2, 0.25) is 0 Å². The fourth-order valence-electron chi connectivity index (χ4n) is 2.13. The molecule has 118 valence electrons. The van der Waals surface area contributed by atoms with E-state index in [9.17, 15) is 14.4 Å². The average molecular weight is 306 g/mol. The van der Waals surface area contributed by atoms with Gasteiger partial charge in [0.05, 0.1) is 22.6 Å². The molecule has 1 aromatic carbocycles. The highest BCUT2D eigenvalue weighted by Crippen LogP contribution is 2.09. The van der Waals surface area contributed by atoms with E-state index in [0.29, 0.717) is 13.0 Å². The lowest BCUT2D eigenvalue weighted by atomic mass is 10.1. The van der Waals surface area contributed by atoms with Gasteiger partial charge < -0.3 is 14.8 Å². The van der Waals surface area contributed by atoms with Crippen LogP contribution >= 0.6 is 0 Å². The number of fused-ring (bicyclic) bond motifs is 1. The van der Waals surface area contributed by atoms with Crippen LogP contribution in [0.25, 0.3) is 10.9 Å². The van der Waals surface area contributed by atoms with Gasteiger partial charge in [0.15, 0.2) is 0 Å². The molecule has 0 bridgehead atoms. The first-order valence-corrected chi connectivity index (χ1v) is 7.02. The molecule has 1 heterocycles. The van der Waals surface area contributed by atoms with Crippen molar-refractivity contribution in [3.8, 4) is 0 Å². The number of H-pyrrole nitrogens is 1. The number of carbonyl (C=O) groups is 1. The minimum absolute atomic E-state index is 0.0191. The van der Waals surface area contributed by atoms with Crippen LogP contribution in [0, 0.1) is 0 Å². The monoisotopic (exact) mass is 306 g/mol. The van der Waals surface area contributed by atoms with Crippen LogP contribution in [-0.2, 0) is 11.3 Å². The third-order valence-corrected chi connectivity index (χ3v) is 3.21. The lowest BCUT2D eigenvalue weighted by Crippen LogP contribution is -2.35. The Morgan fingerprint density at radius 3 is 2.73 bits per heavy atom. The SMILES string of the molecule is CC(C)OCCCn1c(=O)[nH]c2cc(C(=O)O)ccc2c1=O. The minimum atomic E-state index is -1.11. The van der Waals surface area contributed by atoms with Gasteiger partial charge in [-0.1, -0.05) is 0 Å². The number of aromatic amines is 1. The molecule has 1 aromatic heterocycles. The summed E-state index contributed by atoms with van der Waals surface area (Å²) in [5.74, 6) is -1.11. The molecule has 0 amide bonds. The summed E-state index contributed by atoms with van der Waals surface area (Å²) < 4.78 is 6.48. The third-order valence-electron chi connectivity index (χ3n) is 3.21. The van der Waals surface area contributed by atoms with Crippen molar-refractivity contribution < 1.29 is 14.6 Å². The molecule has 0 saturated heterocycles. The molecule has 2 aromatic rings. The Balaban J connectivity index is 2.33. The average Bonchev–Trinajstić information content (AvgIpc) is 2.45. The summed E-state index contributed by atoms with van der Waals surface area (Å²) in [6.07, 6.45) is 0.640. The Kier molecular flexibility index (Phi) is 4.77. The number of ether oxygens (including phenoxy) is 1. The number of aromatic nitrogens is 2. The summed E-state index contributed by atoms with van der Waals surface area (Å²) in [6.45, 7) is 4.53. The molecule has 22 heavy (non-hydrogen) atoms. The lowest BCUT2D eigenvalue weighted by molar-refractivity contribution is 0.0696.